The largest absolute Gasteiger partial charge is 0.441 e. The molecule has 0 saturated carbocycles. The number of hydrogen-bond donors (Lipinski definition) is 2. The topological polar surface area (TPSA) is 101 Å². The highest BCUT2D eigenvalue weighted by atomic mass is 35.5. The van der Waals surface area contributed by atoms with E-state index in [0.717, 1.165) is 6.26 Å². The van der Waals surface area contributed by atoms with Crippen LogP contribution in [0.4, 0.5) is 5.69 Å². The predicted octanol–water partition coefficient (Wildman–Crippen LogP) is 2.09. The van der Waals surface area contributed by atoms with Gasteiger partial charge in [0.25, 0.3) is 0 Å². The van der Waals surface area contributed by atoms with Gasteiger partial charge in [0, 0.05) is 18.9 Å². The van der Waals surface area contributed by atoms with Gasteiger partial charge in [-0.05, 0) is 44.1 Å². The van der Waals surface area contributed by atoms with Crippen molar-refractivity contribution in [1.29, 1.82) is 0 Å². The predicted molar refractivity (Wildman–Crippen MR) is 102 cm³/mol. The third-order valence-corrected chi connectivity index (χ3v) is 6.30. The van der Waals surface area contributed by atoms with Gasteiger partial charge in [0.05, 0.1) is 0 Å². The molecule has 1 aliphatic rings. The number of halogens is 2. The molecule has 0 atom stereocenters. The van der Waals surface area contributed by atoms with Gasteiger partial charge in [-0.15, -0.1) is 24.8 Å². The highest BCUT2D eigenvalue weighted by Crippen LogP contribution is 2.30. The molecule has 2 aromatic rings. The molecule has 0 bridgehead atoms. The van der Waals surface area contributed by atoms with Gasteiger partial charge < -0.3 is 15.1 Å². The van der Waals surface area contributed by atoms with Gasteiger partial charge >= 0.3 is 0 Å². The molecule has 0 radical (unpaired) electrons. The summed E-state index contributed by atoms with van der Waals surface area (Å²) in [7, 11) is -3.53. The number of oxazole rings is 1. The molecule has 1 amide bonds. The van der Waals surface area contributed by atoms with Crippen molar-refractivity contribution in [3.05, 3.63) is 24.1 Å². The molecule has 1 aliphatic heterocycles. The second kappa shape index (κ2) is 7.90. The van der Waals surface area contributed by atoms with E-state index in [1.807, 2.05) is 0 Å². The molecule has 1 aromatic carbocycles. The fourth-order valence-corrected chi connectivity index (χ4v) is 4.30. The van der Waals surface area contributed by atoms with Crippen molar-refractivity contribution in [1.82, 2.24) is 10.3 Å². The third-order valence-electron chi connectivity index (χ3n) is 4.29. The van der Waals surface area contributed by atoms with Crippen molar-refractivity contribution in [3.63, 3.8) is 0 Å². The third kappa shape index (κ3) is 4.08. The van der Waals surface area contributed by atoms with Crippen molar-refractivity contribution >= 4 is 57.3 Å². The molecule has 1 fully saturated rings. The van der Waals surface area contributed by atoms with Crippen molar-refractivity contribution < 1.29 is 17.6 Å². The van der Waals surface area contributed by atoms with Crippen LogP contribution in [0.1, 0.15) is 18.7 Å². The van der Waals surface area contributed by atoms with Crippen molar-refractivity contribution in [2.45, 2.75) is 24.5 Å². The van der Waals surface area contributed by atoms with Gasteiger partial charge in [0.1, 0.15) is 5.52 Å². The van der Waals surface area contributed by atoms with E-state index in [1.165, 1.54) is 0 Å². The lowest BCUT2D eigenvalue weighted by Crippen LogP contribution is -2.55. The van der Waals surface area contributed by atoms with Gasteiger partial charge in [0.2, 0.25) is 5.91 Å². The summed E-state index contributed by atoms with van der Waals surface area (Å²) in [6.07, 6.45) is 1.66. The number of rotatable bonds is 3. The molecule has 0 aliphatic carbocycles. The second-order valence-corrected chi connectivity index (χ2v) is 8.21. The quantitative estimate of drug-likeness (QED) is 0.804. The maximum Gasteiger partial charge on any atom is 0.245 e. The number of nitrogens with one attached hydrogen (secondary N) is 2. The lowest BCUT2D eigenvalue weighted by atomic mass is 9.95. The lowest BCUT2D eigenvalue weighted by molar-refractivity contribution is -0.119. The molecule has 2 N–H and O–H groups in total. The van der Waals surface area contributed by atoms with Crippen LogP contribution in [0, 0.1) is 6.92 Å². The first-order valence-electron chi connectivity index (χ1n) is 7.41. The molecule has 1 saturated heterocycles. The molecule has 0 spiro atoms. The highest BCUT2D eigenvalue weighted by molar-refractivity contribution is 7.92. The number of carbonyl (C=O) groups is 1. The standard InChI is InChI=1S/C15H19N3O4S.2ClH/c1-10-17-12-9-11(3-4-13(12)22-10)18-14(19)15(23(2,20)21)5-7-16-8-6-15;;/h3-4,9,16H,5-8H2,1-2H3,(H,18,19);2*1H. The van der Waals surface area contributed by atoms with E-state index in [1.54, 1.807) is 25.1 Å². The zero-order valence-corrected chi connectivity index (χ0v) is 16.3. The number of carbonyl (C=O) groups excluding carboxylic acids is 1. The van der Waals surface area contributed by atoms with Crippen LogP contribution in [0.15, 0.2) is 22.6 Å². The number of hydrogen-bond acceptors (Lipinski definition) is 6. The number of piperidine rings is 1. The van der Waals surface area contributed by atoms with Crippen LogP contribution < -0.4 is 10.6 Å². The monoisotopic (exact) mass is 409 g/mol. The van der Waals surface area contributed by atoms with Crippen molar-refractivity contribution in [3.8, 4) is 0 Å². The Morgan fingerprint density at radius 3 is 2.52 bits per heavy atom. The number of sulfone groups is 1. The number of aromatic nitrogens is 1. The summed E-state index contributed by atoms with van der Waals surface area (Å²) in [5.41, 5.74) is 1.76. The van der Waals surface area contributed by atoms with E-state index in [-0.39, 0.29) is 37.7 Å². The van der Waals surface area contributed by atoms with Gasteiger partial charge in [-0.3, -0.25) is 4.79 Å². The van der Waals surface area contributed by atoms with Crippen LogP contribution in [0.2, 0.25) is 0 Å². The smallest absolute Gasteiger partial charge is 0.245 e. The van der Waals surface area contributed by atoms with Gasteiger partial charge in [-0.1, -0.05) is 0 Å². The normalized spacial score (nSPS) is 16.6. The number of anilines is 1. The van der Waals surface area contributed by atoms with Crippen molar-refractivity contribution in [2.75, 3.05) is 24.7 Å². The minimum atomic E-state index is -3.53. The fraction of sp³-hybridized carbons (Fsp3) is 0.467. The summed E-state index contributed by atoms with van der Waals surface area (Å²) >= 11 is 0. The molecule has 7 nitrogen and oxygen atoms in total. The van der Waals surface area contributed by atoms with Crippen LogP contribution in [0.5, 0.6) is 0 Å². The Balaban J connectivity index is 0.00000156. The lowest BCUT2D eigenvalue weighted by Gasteiger charge is -2.34. The van der Waals surface area contributed by atoms with E-state index < -0.39 is 20.5 Å². The number of nitrogens with zero attached hydrogens (tertiary/aromatic N) is 1. The highest BCUT2D eigenvalue weighted by Gasteiger charge is 2.48. The average molecular weight is 410 g/mol. The molecule has 10 heteroatoms. The Bertz CT molecular complexity index is 861. The van der Waals surface area contributed by atoms with E-state index in [9.17, 15) is 13.2 Å². The Kier molecular flexibility index (Phi) is 6.86. The van der Waals surface area contributed by atoms with Gasteiger partial charge in [-0.2, -0.15) is 0 Å². The average Bonchev–Trinajstić information content (AvgIpc) is 2.86. The number of amides is 1. The molecule has 3 rings (SSSR count). The number of aryl methyl sites for hydroxylation is 1. The van der Waals surface area contributed by atoms with Crippen LogP contribution in [0.3, 0.4) is 0 Å². The fourth-order valence-electron chi connectivity index (χ4n) is 2.96. The Labute approximate surface area is 158 Å². The van der Waals surface area contributed by atoms with E-state index in [4.69, 9.17) is 4.42 Å². The summed E-state index contributed by atoms with van der Waals surface area (Å²) in [6.45, 7) is 2.75. The van der Waals surface area contributed by atoms with Crippen LogP contribution in [0.25, 0.3) is 11.1 Å². The maximum absolute atomic E-state index is 12.7. The molecule has 2 heterocycles. The Hall–Kier alpha value is -1.35. The van der Waals surface area contributed by atoms with Crippen LogP contribution >= 0.6 is 24.8 Å². The van der Waals surface area contributed by atoms with E-state index in [2.05, 4.69) is 15.6 Å². The molecule has 25 heavy (non-hydrogen) atoms. The van der Waals surface area contributed by atoms with Crippen molar-refractivity contribution in [2.24, 2.45) is 0 Å². The number of fused-ring (bicyclic) bond motifs is 1. The van der Waals surface area contributed by atoms with E-state index >= 15 is 0 Å². The van der Waals surface area contributed by atoms with Gasteiger partial charge in [0.15, 0.2) is 26.1 Å². The summed E-state index contributed by atoms with van der Waals surface area (Å²) in [6, 6.07) is 5.07. The second-order valence-electron chi connectivity index (χ2n) is 5.89. The molecule has 140 valence electrons. The SMILES string of the molecule is Cc1nc2cc(NC(=O)C3(S(C)(=O)=O)CCNCC3)ccc2o1.Cl.Cl. The van der Waals surface area contributed by atoms with E-state index in [0.29, 0.717) is 35.8 Å². The zero-order chi connectivity index (χ0) is 16.7. The first-order valence-corrected chi connectivity index (χ1v) is 9.30. The Morgan fingerprint density at radius 2 is 1.92 bits per heavy atom. The maximum atomic E-state index is 12.7. The molecular weight excluding hydrogens is 389 g/mol. The minimum absolute atomic E-state index is 0. The first-order chi connectivity index (χ1) is 10.8. The Morgan fingerprint density at radius 1 is 1.28 bits per heavy atom. The summed E-state index contributed by atoms with van der Waals surface area (Å²) < 4.78 is 28.5. The summed E-state index contributed by atoms with van der Waals surface area (Å²) in [5.74, 6) is 0.0514. The van der Waals surface area contributed by atoms with Gasteiger partial charge in [-0.25, -0.2) is 13.4 Å². The first kappa shape index (κ1) is 21.7. The molecular formula is C15H21Cl2N3O4S. The summed E-state index contributed by atoms with van der Waals surface area (Å²) in [5, 5.41) is 5.82. The minimum Gasteiger partial charge on any atom is -0.441 e. The zero-order valence-electron chi connectivity index (χ0n) is 13.9. The summed E-state index contributed by atoms with van der Waals surface area (Å²) in [4.78, 5) is 16.9. The van der Waals surface area contributed by atoms with Crippen LogP contribution in [-0.4, -0.2) is 43.4 Å². The molecule has 1 aromatic heterocycles. The van der Waals surface area contributed by atoms with Crippen LogP contribution in [-0.2, 0) is 14.6 Å². The number of benzene rings is 1. The molecule has 0 unspecified atom stereocenters.